The lowest BCUT2D eigenvalue weighted by molar-refractivity contribution is 0.689. The second-order valence-corrected chi connectivity index (χ2v) is 5.53. The molecule has 3 aromatic rings. The van der Waals surface area contributed by atoms with Gasteiger partial charge in [0.15, 0.2) is 0 Å². The van der Waals surface area contributed by atoms with Gasteiger partial charge in [-0.15, -0.1) is 0 Å². The molecule has 0 radical (unpaired) electrons. The number of nitrogens with zero attached hydrogens (tertiary/aromatic N) is 1. The lowest BCUT2D eigenvalue weighted by Crippen LogP contribution is -2.19. The minimum atomic E-state index is 0.156. The first-order valence-corrected chi connectivity index (χ1v) is 7.28. The number of benzene rings is 2. The van der Waals surface area contributed by atoms with Crippen LogP contribution in [0.4, 0.5) is 0 Å². The largest absolute Gasteiger partial charge is 0.309 e. The molecule has 2 aromatic carbocycles. The molecular formula is C19H20N2. The molecule has 2 nitrogen and oxygen atoms in total. The number of hydrogen-bond acceptors (Lipinski definition) is 2. The summed E-state index contributed by atoms with van der Waals surface area (Å²) in [6.45, 7) is 4.30. The molecule has 0 fully saturated rings. The molecule has 2 heteroatoms. The number of rotatable bonds is 3. The molecule has 1 aromatic heterocycles. The van der Waals surface area contributed by atoms with Crippen molar-refractivity contribution in [3.05, 3.63) is 77.1 Å². The standard InChI is InChI=1S/C19H20N2/c1-13-8-9-14(2)17(10-13)19(20-3)18-12-21-11-15-6-4-5-7-16(15)18/h4-12,19-20H,1-3H3. The molecule has 1 atom stereocenters. The Balaban J connectivity index is 2.21. The maximum atomic E-state index is 4.42. The normalized spacial score (nSPS) is 12.5. The summed E-state index contributed by atoms with van der Waals surface area (Å²) < 4.78 is 0. The smallest absolute Gasteiger partial charge is 0.0598 e. The molecule has 21 heavy (non-hydrogen) atoms. The van der Waals surface area contributed by atoms with E-state index in [9.17, 15) is 0 Å². The molecule has 0 bridgehead atoms. The molecule has 0 amide bonds. The van der Waals surface area contributed by atoms with E-state index in [-0.39, 0.29) is 6.04 Å². The quantitative estimate of drug-likeness (QED) is 0.777. The van der Waals surface area contributed by atoms with Crippen molar-refractivity contribution in [3.8, 4) is 0 Å². The van der Waals surface area contributed by atoms with Crippen LogP contribution in [0.25, 0.3) is 10.8 Å². The Morgan fingerprint density at radius 3 is 2.57 bits per heavy atom. The van der Waals surface area contributed by atoms with E-state index in [1.54, 1.807) is 0 Å². The van der Waals surface area contributed by atoms with E-state index in [0.29, 0.717) is 0 Å². The van der Waals surface area contributed by atoms with Crippen LogP contribution in [-0.4, -0.2) is 12.0 Å². The van der Waals surface area contributed by atoms with Gasteiger partial charge in [-0.25, -0.2) is 0 Å². The van der Waals surface area contributed by atoms with Crippen LogP contribution in [0.1, 0.15) is 28.3 Å². The summed E-state index contributed by atoms with van der Waals surface area (Å²) in [6, 6.07) is 15.2. The summed E-state index contributed by atoms with van der Waals surface area (Å²) in [4.78, 5) is 4.42. The van der Waals surface area contributed by atoms with Gasteiger partial charge in [-0.2, -0.15) is 0 Å². The molecule has 0 saturated carbocycles. The Hall–Kier alpha value is -2.19. The van der Waals surface area contributed by atoms with E-state index in [1.807, 2.05) is 19.4 Å². The Bertz CT molecular complexity index is 772. The number of nitrogens with one attached hydrogen (secondary N) is 1. The highest BCUT2D eigenvalue weighted by Gasteiger charge is 2.17. The minimum absolute atomic E-state index is 0.156. The predicted octanol–water partition coefficient (Wildman–Crippen LogP) is 4.16. The van der Waals surface area contributed by atoms with Crippen LogP contribution in [0.2, 0.25) is 0 Å². The number of aryl methyl sites for hydroxylation is 2. The summed E-state index contributed by atoms with van der Waals surface area (Å²) in [5.74, 6) is 0. The van der Waals surface area contributed by atoms with Gasteiger partial charge in [0.25, 0.3) is 0 Å². The summed E-state index contributed by atoms with van der Waals surface area (Å²) in [5.41, 5.74) is 5.12. The summed E-state index contributed by atoms with van der Waals surface area (Å²) in [7, 11) is 2.01. The van der Waals surface area contributed by atoms with Crippen LogP contribution in [0.15, 0.2) is 54.9 Å². The molecule has 0 aliphatic rings. The second-order valence-electron chi connectivity index (χ2n) is 5.53. The summed E-state index contributed by atoms with van der Waals surface area (Å²) in [6.07, 6.45) is 3.90. The van der Waals surface area contributed by atoms with Gasteiger partial charge in [-0.05, 0) is 43.0 Å². The zero-order valence-electron chi connectivity index (χ0n) is 12.7. The van der Waals surface area contributed by atoms with Gasteiger partial charge >= 0.3 is 0 Å². The fourth-order valence-corrected chi connectivity index (χ4v) is 2.92. The highest BCUT2D eigenvalue weighted by Crippen LogP contribution is 2.30. The van der Waals surface area contributed by atoms with Crippen molar-refractivity contribution in [1.29, 1.82) is 0 Å². The van der Waals surface area contributed by atoms with Crippen LogP contribution in [0.3, 0.4) is 0 Å². The SMILES string of the molecule is CNC(c1cc(C)ccc1C)c1cncc2ccccc12. The topological polar surface area (TPSA) is 24.9 Å². The van der Waals surface area contributed by atoms with Gasteiger partial charge in [-0.1, -0.05) is 48.0 Å². The fourth-order valence-electron chi connectivity index (χ4n) is 2.92. The zero-order valence-corrected chi connectivity index (χ0v) is 12.7. The van der Waals surface area contributed by atoms with Crippen molar-refractivity contribution >= 4 is 10.8 Å². The Labute approximate surface area is 125 Å². The minimum Gasteiger partial charge on any atom is -0.309 e. The Morgan fingerprint density at radius 2 is 1.76 bits per heavy atom. The van der Waals surface area contributed by atoms with Crippen LogP contribution in [-0.2, 0) is 0 Å². The highest BCUT2D eigenvalue weighted by molar-refractivity contribution is 5.85. The van der Waals surface area contributed by atoms with Crippen LogP contribution < -0.4 is 5.32 Å². The molecule has 3 rings (SSSR count). The highest BCUT2D eigenvalue weighted by atomic mass is 14.9. The lowest BCUT2D eigenvalue weighted by atomic mass is 9.92. The van der Waals surface area contributed by atoms with E-state index in [0.717, 1.165) is 0 Å². The second kappa shape index (κ2) is 5.66. The van der Waals surface area contributed by atoms with E-state index in [2.05, 4.69) is 66.6 Å². The monoisotopic (exact) mass is 276 g/mol. The molecule has 0 aliphatic heterocycles. The summed E-state index contributed by atoms with van der Waals surface area (Å²) in [5, 5.41) is 5.89. The number of fused-ring (bicyclic) bond motifs is 1. The maximum Gasteiger partial charge on any atom is 0.0598 e. The van der Waals surface area contributed by atoms with Crippen LogP contribution >= 0.6 is 0 Å². The lowest BCUT2D eigenvalue weighted by Gasteiger charge is -2.21. The van der Waals surface area contributed by atoms with Crippen molar-refractivity contribution < 1.29 is 0 Å². The van der Waals surface area contributed by atoms with Crippen molar-refractivity contribution in [3.63, 3.8) is 0 Å². The number of pyridine rings is 1. The van der Waals surface area contributed by atoms with Gasteiger partial charge < -0.3 is 5.32 Å². The van der Waals surface area contributed by atoms with E-state index < -0.39 is 0 Å². The third-order valence-electron chi connectivity index (χ3n) is 4.04. The van der Waals surface area contributed by atoms with E-state index >= 15 is 0 Å². The van der Waals surface area contributed by atoms with Crippen molar-refractivity contribution in [2.24, 2.45) is 0 Å². The molecule has 1 N–H and O–H groups in total. The van der Waals surface area contributed by atoms with Crippen molar-refractivity contribution in [1.82, 2.24) is 10.3 Å². The number of aromatic nitrogens is 1. The maximum absolute atomic E-state index is 4.42. The summed E-state index contributed by atoms with van der Waals surface area (Å²) >= 11 is 0. The average Bonchev–Trinajstić information content (AvgIpc) is 2.51. The van der Waals surface area contributed by atoms with Gasteiger partial charge in [0.2, 0.25) is 0 Å². The number of hydrogen-bond donors (Lipinski definition) is 1. The van der Waals surface area contributed by atoms with Gasteiger partial charge in [0.05, 0.1) is 6.04 Å². The van der Waals surface area contributed by atoms with E-state index in [1.165, 1.54) is 33.0 Å². The molecule has 0 aliphatic carbocycles. The molecule has 106 valence electrons. The predicted molar refractivity (Wildman–Crippen MR) is 88.6 cm³/mol. The first-order valence-electron chi connectivity index (χ1n) is 7.28. The van der Waals surface area contributed by atoms with Crippen molar-refractivity contribution in [2.45, 2.75) is 19.9 Å². The Kier molecular flexibility index (Phi) is 3.72. The van der Waals surface area contributed by atoms with Gasteiger partial charge in [0, 0.05) is 17.8 Å². The third kappa shape index (κ3) is 2.55. The van der Waals surface area contributed by atoms with Gasteiger partial charge in [0.1, 0.15) is 0 Å². The molecule has 0 saturated heterocycles. The van der Waals surface area contributed by atoms with Crippen LogP contribution in [0, 0.1) is 13.8 Å². The Morgan fingerprint density at radius 1 is 0.952 bits per heavy atom. The fraction of sp³-hybridized carbons (Fsp3) is 0.211. The zero-order chi connectivity index (χ0) is 14.8. The van der Waals surface area contributed by atoms with Gasteiger partial charge in [-0.3, -0.25) is 4.98 Å². The van der Waals surface area contributed by atoms with E-state index in [4.69, 9.17) is 0 Å². The first-order chi connectivity index (χ1) is 10.2. The average molecular weight is 276 g/mol. The molecule has 1 unspecified atom stereocenters. The van der Waals surface area contributed by atoms with Crippen LogP contribution in [0.5, 0.6) is 0 Å². The first kappa shape index (κ1) is 13.8. The molecule has 1 heterocycles. The van der Waals surface area contributed by atoms with Crippen molar-refractivity contribution in [2.75, 3.05) is 7.05 Å². The molecular weight excluding hydrogens is 256 g/mol. The molecule has 0 spiro atoms. The third-order valence-corrected chi connectivity index (χ3v) is 4.04.